The summed E-state index contributed by atoms with van der Waals surface area (Å²) in [5.74, 6) is 0.128. The largest absolute Gasteiger partial charge is 0.435 e. The number of hydrogen-bond acceptors (Lipinski definition) is 3. The van der Waals surface area contributed by atoms with Crippen molar-refractivity contribution in [2.75, 3.05) is 7.05 Å². The Kier molecular flexibility index (Phi) is 3.42. The van der Waals surface area contributed by atoms with Gasteiger partial charge in [-0.2, -0.15) is 8.78 Å². The molecule has 0 amide bonds. The van der Waals surface area contributed by atoms with E-state index < -0.39 is 12.2 Å². The number of halogens is 2. The van der Waals surface area contributed by atoms with Crippen LogP contribution in [0, 0.1) is 0 Å². The highest BCUT2D eigenvalue weighted by atomic mass is 19.3. The average molecular weight is 283 g/mol. The minimum absolute atomic E-state index is 0.128. The van der Waals surface area contributed by atoms with Crippen molar-refractivity contribution in [3.63, 3.8) is 0 Å². The Hall–Kier alpha value is -1.20. The van der Waals surface area contributed by atoms with Gasteiger partial charge < -0.3 is 14.7 Å². The topological polar surface area (TPSA) is 32.7 Å². The lowest BCUT2D eigenvalue weighted by atomic mass is 9.81. The Morgan fingerprint density at radius 1 is 1.20 bits per heavy atom. The smallest absolute Gasteiger partial charge is 0.387 e. The third-order valence-electron chi connectivity index (χ3n) is 4.75. The minimum atomic E-state index is -2.82. The summed E-state index contributed by atoms with van der Waals surface area (Å²) in [7, 11) is 2.11. The molecule has 3 nitrogen and oxygen atoms in total. The molecule has 0 spiro atoms. The van der Waals surface area contributed by atoms with E-state index in [1.165, 1.54) is 12.1 Å². The fraction of sp³-hybridized carbons (Fsp3) is 0.600. The summed E-state index contributed by atoms with van der Waals surface area (Å²) in [6, 6.07) is 7.22. The highest BCUT2D eigenvalue weighted by Gasteiger charge is 2.46. The van der Waals surface area contributed by atoms with E-state index >= 15 is 0 Å². The van der Waals surface area contributed by atoms with Gasteiger partial charge in [-0.05, 0) is 50.4 Å². The lowest BCUT2D eigenvalue weighted by Crippen LogP contribution is -2.47. The molecular weight excluding hydrogens is 264 g/mol. The van der Waals surface area contributed by atoms with Crippen LogP contribution in [0.25, 0.3) is 0 Å². The number of alkyl halides is 2. The zero-order chi connectivity index (χ0) is 14.3. The molecule has 0 aliphatic carbocycles. The molecule has 2 fully saturated rings. The quantitative estimate of drug-likeness (QED) is 0.926. The van der Waals surface area contributed by atoms with E-state index in [0.717, 1.165) is 18.4 Å². The first-order chi connectivity index (χ1) is 9.48. The van der Waals surface area contributed by atoms with Crippen molar-refractivity contribution in [2.45, 2.75) is 50.0 Å². The summed E-state index contributed by atoms with van der Waals surface area (Å²) >= 11 is 0. The molecule has 1 aromatic rings. The number of hydrogen-bond donors (Lipinski definition) is 1. The number of fused-ring (bicyclic) bond motifs is 2. The average Bonchev–Trinajstić information content (AvgIpc) is 2.62. The molecule has 2 aliphatic heterocycles. The first-order valence-corrected chi connectivity index (χ1v) is 6.97. The van der Waals surface area contributed by atoms with E-state index in [9.17, 15) is 13.9 Å². The molecular formula is C15H19F2NO2. The molecule has 1 aromatic carbocycles. The minimum Gasteiger partial charge on any atom is -0.435 e. The van der Waals surface area contributed by atoms with Gasteiger partial charge in [0.25, 0.3) is 0 Å². The number of rotatable bonds is 3. The van der Waals surface area contributed by atoms with Gasteiger partial charge in [0, 0.05) is 12.1 Å². The van der Waals surface area contributed by atoms with E-state index in [4.69, 9.17) is 0 Å². The Morgan fingerprint density at radius 2 is 1.75 bits per heavy atom. The fourth-order valence-corrected chi connectivity index (χ4v) is 3.63. The van der Waals surface area contributed by atoms with Gasteiger partial charge in [-0.3, -0.25) is 0 Å². The van der Waals surface area contributed by atoms with Gasteiger partial charge in [0.15, 0.2) is 0 Å². The number of piperidine rings is 1. The van der Waals surface area contributed by atoms with E-state index in [1.54, 1.807) is 12.1 Å². The molecule has 0 aromatic heterocycles. The maximum absolute atomic E-state index is 12.1. The maximum atomic E-state index is 12.1. The molecule has 20 heavy (non-hydrogen) atoms. The van der Waals surface area contributed by atoms with E-state index in [1.807, 2.05) is 0 Å². The first kappa shape index (κ1) is 13.8. The van der Waals surface area contributed by atoms with E-state index in [2.05, 4.69) is 16.7 Å². The number of ether oxygens (including phenoxy) is 1. The molecule has 2 unspecified atom stereocenters. The van der Waals surface area contributed by atoms with E-state index in [-0.39, 0.29) is 5.75 Å². The molecule has 2 saturated heterocycles. The summed E-state index contributed by atoms with van der Waals surface area (Å²) in [6.07, 6.45) is 3.65. The number of nitrogens with zero attached hydrogens (tertiary/aromatic N) is 1. The van der Waals surface area contributed by atoms with Crippen molar-refractivity contribution in [1.29, 1.82) is 0 Å². The zero-order valence-corrected chi connectivity index (χ0v) is 11.4. The Morgan fingerprint density at radius 3 is 2.25 bits per heavy atom. The predicted molar refractivity (Wildman–Crippen MR) is 70.8 cm³/mol. The number of benzene rings is 1. The van der Waals surface area contributed by atoms with Crippen LogP contribution < -0.4 is 4.74 Å². The molecule has 2 atom stereocenters. The van der Waals surface area contributed by atoms with Crippen LogP contribution in [0.5, 0.6) is 5.75 Å². The van der Waals surface area contributed by atoms with Crippen LogP contribution in [0.2, 0.25) is 0 Å². The lowest BCUT2D eigenvalue weighted by molar-refractivity contribution is -0.0515. The molecule has 2 heterocycles. The molecule has 5 heteroatoms. The Bertz CT molecular complexity index is 463. The van der Waals surface area contributed by atoms with Crippen molar-refractivity contribution in [3.05, 3.63) is 29.8 Å². The van der Waals surface area contributed by atoms with Crippen molar-refractivity contribution in [3.8, 4) is 5.75 Å². The summed E-state index contributed by atoms with van der Waals surface area (Å²) in [6.45, 7) is -2.82. The number of aliphatic hydroxyl groups is 1. The van der Waals surface area contributed by atoms with Crippen molar-refractivity contribution < 1.29 is 18.6 Å². The molecule has 2 aliphatic rings. The Balaban J connectivity index is 1.78. The second-order valence-electron chi connectivity index (χ2n) is 5.89. The Labute approximate surface area is 117 Å². The van der Waals surface area contributed by atoms with Crippen LogP contribution in [0.1, 0.15) is 31.2 Å². The molecule has 3 rings (SSSR count). The summed E-state index contributed by atoms with van der Waals surface area (Å²) in [5, 5.41) is 10.9. The van der Waals surface area contributed by atoms with Crippen LogP contribution in [0.15, 0.2) is 24.3 Å². The van der Waals surface area contributed by atoms with E-state index in [0.29, 0.717) is 24.9 Å². The van der Waals surface area contributed by atoms with Crippen LogP contribution >= 0.6 is 0 Å². The van der Waals surface area contributed by atoms with Gasteiger partial charge in [-0.1, -0.05) is 12.1 Å². The SMILES string of the molecule is CN1C2CCC1CC(O)(c1ccc(OC(F)F)cc1)C2. The molecule has 0 radical (unpaired) electrons. The summed E-state index contributed by atoms with van der Waals surface area (Å²) in [5.41, 5.74) is -0.0501. The van der Waals surface area contributed by atoms with Crippen LogP contribution in [0.4, 0.5) is 8.78 Å². The van der Waals surface area contributed by atoms with Gasteiger partial charge in [-0.25, -0.2) is 0 Å². The fourth-order valence-electron chi connectivity index (χ4n) is 3.63. The van der Waals surface area contributed by atoms with Crippen molar-refractivity contribution >= 4 is 0 Å². The third-order valence-corrected chi connectivity index (χ3v) is 4.75. The summed E-state index contributed by atoms with van der Waals surface area (Å²) in [4.78, 5) is 2.35. The molecule has 110 valence electrons. The molecule has 1 N–H and O–H groups in total. The van der Waals surface area contributed by atoms with Gasteiger partial charge >= 0.3 is 6.61 Å². The third kappa shape index (κ3) is 2.40. The van der Waals surface area contributed by atoms with Gasteiger partial charge in [0.05, 0.1) is 5.60 Å². The molecule has 0 saturated carbocycles. The van der Waals surface area contributed by atoms with Crippen molar-refractivity contribution in [2.24, 2.45) is 0 Å². The van der Waals surface area contributed by atoms with Crippen molar-refractivity contribution in [1.82, 2.24) is 4.90 Å². The highest BCUT2D eigenvalue weighted by Crippen LogP contribution is 2.45. The monoisotopic (exact) mass is 283 g/mol. The molecule has 2 bridgehead atoms. The highest BCUT2D eigenvalue weighted by molar-refractivity contribution is 5.32. The van der Waals surface area contributed by atoms with Crippen LogP contribution in [-0.4, -0.2) is 35.7 Å². The first-order valence-electron chi connectivity index (χ1n) is 6.97. The van der Waals surface area contributed by atoms with Crippen LogP contribution in [0.3, 0.4) is 0 Å². The zero-order valence-electron chi connectivity index (χ0n) is 11.4. The van der Waals surface area contributed by atoms with Gasteiger partial charge in [-0.15, -0.1) is 0 Å². The normalized spacial score (nSPS) is 33.6. The predicted octanol–water partition coefficient (Wildman–Crippen LogP) is 2.73. The standard InChI is InChI=1S/C15H19F2NO2/c1-18-11-4-5-12(18)9-15(19,8-11)10-2-6-13(7-3-10)20-14(16)17/h2-3,6-7,11-12,14,19H,4-5,8-9H2,1H3. The lowest BCUT2D eigenvalue weighted by Gasteiger charge is -2.42. The second-order valence-corrected chi connectivity index (χ2v) is 5.89. The van der Waals surface area contributed by atoms with Gasteiger partial charge in [0.1, 0.15) is 5.75 Å². The second kappa shape index (κ2) is 4.97. The summed E-state index contributed by atoms with van der Waals surface area (Å²) < 4.78 is 28.6. The van der Waals surface area contributed by atoms with Crippen LogP contribution in [-0.2, 0) is 5.60 Å². The van der Waals surface area contributed by atoms with Gasteiger partial charge in [0.2, 0.25) is 0 Å². The maximum Gasteiger partial charge on any atom is 0.387 e.